The minimum Gasteiger partial charge on any atom is -0.465 e. The van der Waals surface area contributed by atoms with Gasteiger partial charge in [-0.1, -0.05) is 11.6 Å². The molecule has 7 nitrogen and oxygen atoms in total. The van der Waals surface area contributed by atoms with Crippen LogP contribution in [0.3, 0.4) is 0 Å². The number of carbonyl (C=O) groups excluding carboxylic acids is 3. The molecule has 0 spiro atoms. The van der Waals surface area contributed by atoms with Crippen molar-refractivity contribution in [2.75, 3.05) is 39.6 Å². The van der Waals surface area contributed by atoms with Crippen molar-refractivity contribution >= 4 is 35.1 Å². The molecule has 1 rings (SSSR count). The van der Waals surface area contributed by atoms with Crippen LogP contribution in [0.15, 0.2) is 18.2 Å². The smallest absolute Gasteiger partial charge is 0.337 e. The van der Waals surface area contributed by atoms with E-state index in [0.29, 0.717) is 6.54 Å². The third-order valence-electron chi connectivity index (χ3n) is 3.84. The van der Waals surface area contributed by atoms with Gasteiger partial charge in [-0.2, -0.15) is 0 Å². The van der Waals surface area contributed by atoms with Gasteiger partial charge in [-0.3, -0.25) is 9.59 Å². The lowest BCUT2D eigenvalue weighted by Crippen LogP contribution is -2.45. The fourth-order valence-corrected chi connectivity index (χ4v) is 2.23. The molecule has 0 saturated heterocycles. The largest absolute Gasteiger partial charge is 0.465 e. The Labute approximate surface area is 159 Å². The van der Waals surface area contributed by atoms with Gasteiger partial charge in [0.15, 0.2) is 0 Å². The van der Waals surface area contributed by atoms with Gasteiger partial charge in [-0.05, 0) is 59.1 Å². The lowest BCUT2D eigenvalue weighted by atomic mass is 9.91. The molecule has 0 unspecified atom stereocenters. The molecule has 0 aliphatic carbocycles. The van der Waals surface area contributed by atoms with Crippen LogP contribution < -0.4 is 10.6 Å². The molecule has 0 aromatic heterocycles. The SMILES string of the molecule is COC(=O)c1ccc(Cl)c(NC(=O)C(C)(C)C(=O)NCCCN(C)C)c1. The van der Waals surface area contributed by atoms with Crippen molar-refractivity contribution in [3.05, 3.63) is 28.8 Å². The zero-order valence-corrected chi connectivity index (χ0v) is 16.6. The molecule has 0 heterocycles. The second-order valence-electron chi connectivity index (χ2n) is 6.68. The fourth-order valence-electron chi connectivity index (χ4n) is 2.07. The molecule has 2 N–H and O–H groups in total. The second kappa shape index (κ2) is 9.54. The van der Waals surface area contributed by atoms with Crippen molar-refractivity contribution in [2.45, 2.75) is 20.3 Å². The van der Waals surface area contributed by atoms with E-state index in [1.807, 2.05) is 19.0 Å². The number of hydrogen-bond donors (Lipinski definition) is 2. The van der Waals surface area contributed by atoms with Gasteiger partial charge in [0.1, 0.15) is 5.41 Å². The van der Waals surface area contributed by atoms with E-state index in [9.17, 15) is 14.4 Å². The van der Waals surface area contributed by atoms with Gasteiger partial charge in [0.05, 0.1) is 23.4 Å². The normalized spacial score (nSPS) is 11.2. The number of anilines is 1. The monoisotopic (exact) mass is 383 g/mol. The van der Waals surface area contributed by atoms with Crippen molar-refractivity contribution in [1.82, 2.24) is 10.2 Å². The summed E-state index contributed by atoms with van der Waals surface area (Å²) in [6.45, 7) is 4.37. The third kappa shape index (κ3) is 6.00. The van der Waals surface area contributed by atoms with Gasteiger partial charge in [0, 0.05) is 6.54 Å². The number of hydrogen-bond acceptors (Lipinski definition) is 5. The van der Waals surface area contributed by atoms with Crippen LogP contribution in [0.1, 0.15) is 30.6 Å². The Morgan fingerprint density at radius 2 is 1.85 bits per heavy atom. The molecule has 0 aliphatic rings. The standard InChI is InChI=1S/C18H26ClN3O4/c1-18(2,16(24)20-9-6-10-22(3)4)17(25)21-14-11-12(15(23)26-5)7-8-13(14)19/h7-8,11H,6,9-10H2,1-5H3,(H,20,24)(H,21,25). The summed E-state index contributed by atoms with van der Waals surface area (Å²) in [7, 11) is 5.16. The Kier molecular flexibility index (Phi) is 8.05. The molecule has 0 bridgehead atoms. The number of esters is 1. The highest BCUT2D eigenvalue weighted by atomic mass is 35.5. The Balaban J connectivity index is 2.78. The zero-order valence-electron chi connectivity index (χ0n) is 15.8. The first-order valence-corrected chi connectivity index (χ1v) is 8.59. The molecular formula is C18H26ClN3O4. The van der Waals surface area contributed by atoms with E-state index in [0.717, 1.165) is 13.0 Å². The van der Waals surface area contributed by atoms with Gasteiger partial charge < -0.3 is 20.3 Å². The molecule has 0 atom stereocenters. The molecule has 2 amide bonds. The van der Waals surface area contributed by atoms with Crippen LogP contribution >= 0.6 is 11.6 Å². The van der Waals surface area contributed by atoms with Gasteiger partial charge in [-0.15, -0.1) is 0 Å². The number of nitrogens with one attached hydrogen (secondary N) is 2. The topological polar surface area (TPSA) is 87.7 Å². The fraction of sp³-hybridized carbons (Fsp3) is 0.500. The number of rotatable bonds is 8. The molecule has 8 heteroatoms. The summed E-state index contributed by atoms with van der Waals surface area (Å²) >= 11 is 6.08. The van der Waals surface area contributed by atoms with Crippen molar-refractivity contribution in [1.29, 1.82) is 0 Å². The number of ether oxygens (including phenoxy) is 1. The van der Waals surface area contributed by atoms with E-state index in [1.165, 1.54) is 39.2 Å². The lowest BCUT2D eigenvalue weighted by molar-refractivity contribution is -0.138. The van der Waals surface area contributed by atoms with Crippen LogP contribution in [-0.2, 0) is 14.3 Å². The summed E-state index contributed by atoms with van der Waals surface area (Å²) in [6.07, 6.45) is 0.781. The van der Waals surface area contributed by atoms with Crippen LogP contribution in [-0.4, -0.2) is 57.0 Å². The summed E-state index contributed by atoms with van der Waals surface area (Å²) < 4.78 is 4.65. The van der Waals surface area contributed by atoms with Crippen molar-refractivity contribution < 1.29 is 19.1 Å². The summed E-state index contributed by atoms with van der Waals surface area (Å²) in [5.74, 6) is -1.45. The van der Waals surface area contributed by atoms with Crippen LogP contribution in [0, 0.1) is 5.41 Å². The summed E-state index contributed by atoms with van der Waals surface area (Å²) in [6, 6.07) is 4.39. The minimum absolute atomic E-state index is 0.244. The predicted molar refractivity (Wildman–Crippen MR) is 101 cm³/mol. The average molecular weight is 384 g/mol. The summed E-state index contributed by atoms with van der Waals surface area (Å²) in [5, 5.41) is 5.63. The maximum Gasteiger partial charge on any atom is 0.337 e. The second-order valence-corrected chi connectivity index (χ2v) is 7.09. The van der Waals surface area contributed by atoms with E-state index in [2.05, 4.69) is 15.4 Å². The maximum absolute atomic E-state index is 12.6. The van der Waals surface area contributed by atoms with Gasteiger partial charge in [0.2, 0.25) is 11.8 Å². The van der Waals surface area contributed by atoms with E-state index in [-0.39, 0.29) is 22.2 Å². The van der Waals surface area contributed by atoms with E-state index < -0.39 is 17.3 Å². The molecular weight excluding hydrogens is 358 g/mol. The first-order valence-electron chi connectivity index (χ1n) is 8.22. The Morgan fingerprint density at radius 3 is 2.42 bits per heavy atom. The number of methoxy groups -OCH3 is 1. The van der Waals surface area contributed by atoms with Gasteiger partial charge in [-0.25, -0.2) is 4.79 Å². The molecule has 144 valence electrons. The van der Waals surface area contributed by atoms with E-state index in [4.69, 9.17) is 11.6 Å². The average Bonchev–Trinajstić information content (AvgIpc) is 2.59. The molecule has 0 aliphatic heterocycles. The highest BCUT2D eigenvalue weighted by Crippen LogP contribution is 2.26. The van der Waals surface area contributed by atoms with E-state index >= 15 is 0 Å². The molecule has 1 aromatic carbocycles. The van der Waals surface area contributed by atoms with Crippen LogP contribution in [0.25, 0.3) is 0 Å². The van der Waals surface area contributed by atoms with Crippen molar-refractivity contribution in [2.24, 2.45) is 5.41 Å². The molecule has 1 aromatic rings. The third-order valence-corrected chi connectivity index (χ3v) is 4.17. The van der Waals surface area contributed by atoms with Crippen molar-refractivity contribution in [3.8, 4) is 0 Å². The van der Waals surface area contributed by atoms with Crippen molar-refractivity contribution in [3.63, 3.8) is 0 Å². The number of amides is 2. The first-order chi connectivity index (χ1) is 12.1. The minimum atomic E-state index is -1.30. The molecule has 0 saturated carbocycles. The highest BCUT2D eigenvalue weighted by Gasteiger charge is 2.36. The Bertz CT molecular complexity index is 674. The van der Waals surface area contributed by atoms with Crippen LogP contribution in [0.5, 0.6) is 0 Å². The van der Waals surface area contributed by atoms with Gasteiger partial charge >= 0.3 is 5.97 Å². The highest BCUT2D eigenvalue weighted by molar-refractivity contribution is 6.34. The van der Waals surface area contributed by atoms with Crippen LogP contribution in [0.2, 0.25) is 5.02 Å². The maximum atomic E-state index is 12.6. The molecule has 26 heavy (non-hydrogen) atoms. The quantitative estimate of drug-likeness (QED) is 0.408. The number of halogens is 1. The number of carbonyl (C=O) groups is 3. The van der Waals surface area contributed by atoms with Crippen LogP contribution in [0.4, 0.5) is 5.69 Å². The summed E-state index contributed by atoms with van der Waals surface area (Å²) in [5.41, 5.74) is -0.811. The number of nitrogens with zero attached hydrogens (tertiary/aromatic N) is 1. The Hall–Kier alpha value is -2.12. The number of benzene rings is 1. The molecule has 0 radical (unpaired) electrons. The Morgan fingerprint density at radius 1 is 1.19 bits per heavy atom. The van der Waals surface area contributed by atoms with Gasteiger partial charge in [0.25, 0.3) is 0 Å². The molecule has 0 fully saturated rings. The predicted octanol–water partition coefficient (Wildman–Crippen LogP) is 2.16. The lowest BCUT2D eigenvalue weighted by Gasteiger charge is -2.23. The first kappa shape index (κ1) is 21.9. The van der Waals surface area contributed by atoms with E-state index in [1.54, 1.807) is 0 Å². The zero-order chi connectivity index (χ0) is 19.9. The summed E-state index contributed by atoms with van der Waals surface area (Å²) in [4.78, 5) is 38.6.